The Kier molecular flexibility index (Phi) is 5.70. The second-order valence-corrected chi connectivity index (χ2v) is 8.49. The summed E-state index contributed by atoms with van der Waals surface area (Å²) >= 11 is 0. The Hall–Kier alpha value is -3.85. The number of nitrogens with zero attached hydrogens (tertiary/aromatic N) is 3. The largest absolute Gasteiger partial charge is 0.454 e. The van der Waals surface area contributed by atoms with E-state index >= 15 is 0 Å². The normalized spacial score (nSPS) is 18.6. The summed E-state index contributed by atoms with van der Waals surface area (Å²) in [6, 6.07) is 16.7. The highest BCUT2D eigenvalue weighted by Crippen LogP contribution is 2.40. The quantitative estimate of drug-likeness (QED) is 0.543. The first-order valence-corrected chi connectivity index (χ1v) is 11.2. The van der Waals surface area contributed by atoms with Crippen molar-refractivity contribution < 1.29 is 23.8 Å². The number of carbonyl (C=O) groups is 2. The van der Waals surface area contributed by atoms with Crippen molar-refractivity contribution in [1.29, 1.82) is 0 Å². The Labute approximate surface area is 197 Å². The van der Waals surface area contributed by atoms with Crippen molar-refractivity contribution >= 4 is 17.5 Å². The highest BCUT2D eigenvalue weighted by molar-refractivity contribution is 6.12. The lowest BCUT2D eigenvalue weighted by Gasteiger charge is -2.43. The third-order valence-corrected chi connectivity index (χ3v) is 6.14. The molecule has 0 saturated carbocycles. The van der Waals surface area contributed by atoms with Crippen LogP contribution < -0.4 is 19.7 Å². The maximum atomic E-state index is 13.9. The van der Waals surface area contributed by atoms with Gasteiger partial charge >= 0.3 is 0 Å². The molecule has 2 amide bonds. The van der Waals surface area contributed by atoms with Gasteiger partial charge in [-0.3, -0.25) is 19.2 Å². The maximum Gasteiger partial charge on any atom is 0.277 e. The molecule has 2 aliphatic heterocycles. The fraction of sp³-hybridized carbons (Fsp3) is 0.320. The molecule has 2 aliphatic rings. The fourth-order valence-corrected chi connectivity index (χ4v) is 4.37. The van der Waals surface area contributed by atoms with Gasteiger partial charge in [-0.2, -0.15) is 5.10 Å². The van der Waals surface area contributed by atoms with E-state index in [1.165, 1.54) is 4.90 Å². The summed E-state index contributed by atoms with van der Waals surface area (Å²) in [5.74, 6) is 0.568. The summed E-state index contributed by atoms with van der Waals surface area (Å²) in [7, 11) is 1.62. The molecule has 0 bridgehead atoms. The fourth-order valence-electron chi connectivity index (χ4n) is 4.37. The molecule has 1 atom stereocenters. The number of rotatable bonds is 7. The van der Waals surface area contributed by atoms with Gasteiger partial charge in [-0.25, -0.2) is 0 Å². The molecule has 176 valence electrons. The second-order valence-electron chi connectivity index (χ2n) is 8.49. The summed E-state index contributed by atoms with van der Waals surface area (Å²) in [6.07, 6.45) is 0.668. The number of fused-ring (bicyclic) bond motifs is 2. The highest BCUT2D eigenvalue weighted by Gasteiger charge is 2.49. The summed E-state index contributed by atoms with van der Waals surface area (Å²) in [5.41, 5.74) is 1.33. The van der Waals surface area contributed by atoms with Crippen molar-refractivity contribution in [3.05, 3.63) is 60.3 Å². The molecule has 2 aromatic carbocycles. The number of carbonyl (C=O) groups excluding carboxylic acids is 2. The summed E-state index contributed by atoms with van der Waals surface area (Å²) in [4.78, 5) is 28.9. The van der Waals surface area contributed by atoms with Crippen LogP contribution in [-0.2, 0) is 16.1 Å². The molecule has 34 heavy (non-hydrogen) atoms. The molecule has 0 fully saturated rings. The molecule has 9 heteroatoms. The van der Waals surface area contributed by atoms with Crippen LogP contribution in [0.25, 0.3) is 11.3 Å². The SMILES string of the molecule is COCCCNC(=O)C1(C)Cn2nc(-c3ccccc3)cc2C(=O)N1c1ccc2c(c1)OCO2. The molecule has 0 spiro atoms. The van der Waals surface area contributed by atoms with Crippen molar-refractivity contribution in [1.82, 2.24) is 15.1 Å². The average Bonchev–Trinajstić information content (AvgIpc) is 3.49. The lowest BCUT2D eigenvalue weighted by Crippen LogP contribution is -2.64. The van der Waals surface area contributed by atoms with Crippen molar-refractivity contribution in [2.24, 2.45) is 0 Å². The second kappa shape index (κ2) is 8.83. The van der Waals surface area contributed by atoms with E-state index < -0.39 is 5.54 Å². The van der Waals surface area contributed by atoms with E-state index in [2.05, 4.69) is 10.4 Å². The minimum atomic E-state index is -1.22. The topological polar surface area (TPSA) is 94.9 Å². The van der Waals surface area contributed by atoms with Crippen LogP contribution in [0.2, 0.25) is 0 Å². The van der Waals surface area contributed by atoms with Crippen LogP contribution in [0.5, 0.6) is 11.5 Å². The molecule has 0 aliphatic carbocycles. The van der Waals surface area contributed by atoms with Gasteiger partial charge in [0.1, 0.15) is 11.2 Å². The molecule has 0 saturated heterocycles. The Bertz CT molecular complexity index is 1230. The number of hydrogen-bond donors (Lipinski definition) is 1. The van der Waals surface area contributed by atoms with Crippen LogP contribution >= 0.6 is 0 Å². The van der Waals surface area contributed by atoms with E-state index in [9.17, 15) is 9.59 Å². The Balaban J connectivity index is 1.55. The summed E-state index contributed by atoms with van der Waals surface area (Å²) < 4.78 is 17.7. The smallest absolute Gasteiger partial charge is 0.277 e. The number of ether oxygens (including phenoxy) is 3. The predicted octanol–water partition coefficient (Wildman–Crippen LogP) is 2.85. The number of aromatic nitrogens is 2. The zero-order chi connectivity index (χ0) is 23.7. The van der Waals surface area contributed by atoms with Gasteiger partial charge in [0.05, 0.1) is 12.2 Å². The van der Waals surface area contributed by atoms with Gasteiger partial charge in [0.2, 0.25) is 12.7 Å². The first-order chi connectivity index (χ1) is 16.5. The minimum Gasteiger partial charge on any atom is -0.454 e. The van der Waals surface area contributed by atoms with Crippen molar-refractivity contribution in [3.8, 4) is 22.8 Å². The molecule has 1 N–H and O–H groups in total. The van der Waals surface area contributed by atoms with E-state index in [1.807, 2.05) is 30.3 Å². The van der Waals surface area contributed by atoms with E-state index in [4.69, 9.17) is 14.2 Å². The van der Waals surface area contributed by atoms with Gasteiger partial charge in [0.25, 0.3) is 5.91 Å². The first-order valence-electron chi connectivity index (χ1n) is 11.2. The van der Waals surface area contributed by atoms with Gasteiger partial charge in [-0.15, -0.1) is 0 Å². The number of hydrogen-bond acceptors (Lipinski definition) is 6. The monoisotopic (exact) mass is 462 g/mol. The van der Waals surface area contributed by atoms with E-state index in [0.717, 1.165) is 5.56 Å². The minimum absolute atomic E-state index is 0.122. The van der Waals surface area contributed by atoms with Gasteiger partial charge in [-0.1, -0.05) is 30.3 Å². The van der Waals surface area contributed by atoms with Crippen LogP contribution in [0, 0.1) is 0 Å². The molecule has 9 nitrogen and oxygen atoms in total. The van der Waals surface area contributed by atoms with Crippen molar-refractivity contribution in [2.75, 3.05) is 32.0 Å². The number of methoxy groups -OCH3 is 1. The zero-order valence-corrected chi connectivity index (χ0v) is 19.1. The van der Waals surface area contributed by atoms with Gasteiger partial charge in [-0.05, 0) is 31.5 Å². The summed E-state index contributed by atoms with van der Waals surface area (Å²) in [5, 5.41) is 7.63. The number of anilines is 1. The van der Waals surface area contributed by atoms with Crippen LogP contribution in [-0.4, -0.2) is 54.2 Å². The average molecular weight is 463 g/mol. The Morgan fingerprint density at radius 2 is 1.94 bits per heavy atom. The molecule has 5 rings (SSSR count). The van der Waals surface area contributed by atoms with Crippen molar-refractivity contribution in [2.45, 2.75) is 25.4 Å². The number of benzene rings is 2. The Morgan fingerprint density at radius 3 is 2.74 bits per heavy atom. The standard InChI is InChI=1S/C25H26N4O5/c1-25(24(31)26-11-6-12-32-2)15-28-20(14-19(27-28)17-7-4-3-5-8-17)23(30)29(25)18-9-10-21-22(13-18)34-16-33-21/h3-5,7-10,13-14H,6,11-12,15-16H2,1-2H3,(H,26,31). The third kappa shape index (κ3) is 3.77. The third-order valence-electron chi connectivity index (χ3n) is 6.14. The van der Waals surface area contributed by atoms with Crippen LogP contribution in [0.1, 0.15) is 23.8 Å². The zero-order valence-electron chi connectivity index (χ0n) is 19.1. The molecular weight excluding hydrogens is 436 g/mol. The van der Waals surface area contributed by atoms with Gasteiger partial charge in [0.15, 0.2) is 11.5 Å². The van der Waals surface area contributed by atoms with E-state index in [1.54, 1.807) is 43.0 Å². The van der Waals surface area contributed by atoms with Crippen LogP contribution in [0.3, 0.4) is 0 Å². The molecular formula is C25H26N4O5. The molecule has 3 aromatic rings. The van der Waals surface area contributed by atoms with Crippen LogP contribution in [0.15, 0.2) is 54.6 Å². The van der Waals surface area contributed by atoms with Gasteiger partial charge < -0.3 is 19.5 Å². The molecule has 0 radical (unpaired) electrons. The number of amides is 2. The lowest BCUT2D eigenvalue weighted by atomic mass is 9.93. The van der Waals surface area contributed by atoms with E-state index in [0.29, 0.717) is 48.1 Å². The van der Waals surface area contributed by atoms with Crippen LogP contribution in [0.4, 0.5) is 5.69 Å². The first kappa shape index (κ1) is 22.0. The summed E-state index contributed by atoms with van der Waals surface area (Å²) in [6.45, 7) is 3.05. The molecule has 1 unspecified atom stereocenters. The molecule has 3 heterocycles. The van der Waals surface area contributed by atoms with E-state index in [-0.39, 0.29) is 25.2 Å². The van der Waals surface area contributed by atoms with Crippen molar-refractivity contribution in [3.63, 3.8) is 0 Å². The highest BCUT2D eigenvalue weighted by atomic mass is 16.7. The number of nitrogens with one attached hydrogen (secondary N) is 1. The van der Waals surface area contributed by atoms with Gasteiger partial charge in [0, 0.05) is 37.6 Å². The molecule has 1 aromatic heterocycles. The Morgan fingerprint density at radius 1 is 1.15 bits per heavy atom. The predicted molar refractivity (Wildman–Crippen MR) is 125 cm³/mol. The maximum absolute atomic E-state index is 13.9. The lowest BCUT2D eigenvalue weighted by molar-refractivity contribution is -0.126.